The second-order valence-electron chi connectivity index (χ2n) is 11.5. The summed E-state index contributed by atoms with van der Waals surface area (Å²) in [5, 5.41) is 8.26. The van der Waals surface area contributed by atoms with Crippen LogP contribution in [-0.4, -0.2) is 65.4 Å². The van der Waals surface area contributed by atoms with Gasteiger partial charge in [-0.2, -0.15) is 11.3 Å². The summed E-state index contributed by atoms with van der Waals surface area (Å²) >= 11 is 1.72. The Morgan fingerprint density at radius 1 is 1.00 bits per heavy atom. The van der Waals surface area contributed by atoms with Crippen LogP contribution in [0.4, 0.5) is 4.39 Å². The molecule has 2 unspecified atom stereocenters. The van der Waals surface area contributed by atoms with Crippen LogP contribution in [0.2, 0.25) is 0 Å². The Hall–Kier alpha value is -3.49. The van der Waals surface area contributed by atoms with E-state index < -0.39 is 0 Å². The zero-order valence-corrected chi connectivity index (χ0v) is 24.3. The molecule has 2 fully saturated rings. The van der Waals surface area contributed by atoms with Gasteiger partial charge in [-0.1, -0.05) is 24.3 Å². The number of halogens is 1. The molecule has 2 aliphatic rings. The maximum absolute atomic E-state index is 14.1. The Morgan fingerprint density at radius 3 is 2.54 bits per heavy atom. The number of para-hydroxylation sites is 1. The SMILES string of the molecule is CC(=O)NCCn1ccc2cccc(C(=O)N3CC(CN4CCC(c5ccc(F)cc5)CC4)C(c4ccsc4)C3)c21. The molecular weight excluding hydrogens is 535 g/mol. The predicted octanol–water partition coefficient (Wildman–Crippen LogP) is 5.71. The van der Waals surface area contributed by atoms with Crippen molar-refractivity contribution in [3.05, 3.63) is 94.1 Å². The molecule has 1 N–H and O–H groups in total. The molecular formula is C33H37FN4O2S. The van der Waals surface area contributed by atoms with E-state index in [2.05, 4.69) is 36.5 Å². The third-order valence-electron chi connectivity index (χ3n) is 8.87. The van der Waals surface area contributed by atoms with Crippen molar-refractivity contribution in [3.8, 4) is 0 Å². The Bertz CT molecular complexity index is 1490. The molecule has 0 spiro atoms. The minimum atomic E-state index is -0.180. The van der Waals surface area contributed by atoms with Crippen LogP contribution in [0.25, 0.3) is 10.9 Å². The van der Waals surface area contributed by atoms with Crippen molar-refractivity contribution in [3.63, 3.8) is 0 Å². The molecule has 6 nitrogen and oxygen atoms in total. The number of thiophene rings is 1. The zero-order chi connectivity index (χ0) is 28.3. The third kappa shape index (κ3) is 6.09. The average molecular weight is 573 g/mol. The van der Waals surface area contributed by atoms with Gasteiger partial charge >= 0.3 is 0 Å². The second-order valence-corrected chi connectivity index (χ2v) is 12.3. The third-order valence-corrected chi connectivity index (χ3v) is 9.57. The van der Waals surface area contributed by atoms with E-state index in [0.29, 0.717) is 30.8 Å². The smallest absolute Gasteiger partial charge is 0.256 e. The lowest BCUT2D eigenvalue weighted by molar-refractivity contribution is -0.118. The summed E-state index contributed by atoms with van der Waals surface area (Å²) in [5.41, 5.74) is 4.21. The Labute approximate surface area is 244 Å². The van der Waals surface area contributed by atoms with E-state index in [4.69, 9.17) is 0 Å². The molecule has 0 saturated carbocycles. The minimum Gasteiger partial charge on any atom is -0.355 e. The van der Waals surface area contributed by atoms with E-state index in [9.17, 15) is 14.0 Å². The summed E-state index contributed by atoms with van der Waals surface area (Å²) in [5.74, 6) is 0.990. The predicted molar refractivity (Wildman–Crippen MR) is 162 cm³/mol. The number of carbonyl (C=O) groups excluding carboxylic acids is 2. The van der Waals surface area contributed by atoms with Gasteiger partial charge in [0, 0.05) is 57.1 Å². The van der Waals surface area contributed by atoms with E-state index in [1.807, 2.05) is 42.6 Å². The van der Waals surface area contributed by atoms with Crippen LogP contribution in [0, 0.1) is 11.7 Å². The van der Waals surface area contributed by atoms with Gasteiger partial charge in [-0.3, -0.25) is 9.59 Å². The van der Waals surface area contributed by atoms with E-state index in [1.54, 1.807) is 23.5 Å². The fraction of sp³-hybridized carbons (Fsp3) is 0.394. The molecule has 2 atom stereocenters. The van der Waals surface area contributed by atoms with Gasteiger partial charge in [0.05, 0.1) is 11.1 Å². The first-order valence-electron chi connectivity index (χ1n) is 14.6. The zero-order valence-electron chi connectivity index (χ0n) is 23.5. The van der Waals surface area contributed by atoms with Crippen LogP contribution in [0.1, 0.15) is 53.1 Å². The number of hydrogen-bond donors (Lipinski definition) is 1. The van der Waals surface area contributed by atoms with Crippen molar-refractivity contribution in [2.75, 3.05) is 39.3 Å². The number of carbonyl (C=O) groups is 2. The highest BCUT2D eigenvalue weighted by molar-refractivity contribution is 7.08. The summed E-state index contributed by atoms with van der Waals surface area (Å²) < 4.78 is 15.5. The first-order valence-corrected chi connectivity index (χ1v) is 15.5. The largest absolute Gasteiger partial charge is 0.355 e. The summed E-state index contributed by atoms with van der Waals surface area (Å²) in [7, 11) is 0. The Balaban J connectivity index is 1.17. The monoisotopic (exact) mass is 572 g/mol. The second kappa shape index (κ2) is 12.2. The summed E-state index contributed by atoms with van der Waals surface area (Å²) in [6.45, 7) is 7.11. The molecule has 2 aromatic carbocycles. The quantitative estimate of drug-likeness (QED) is 0.294. The van der Waals surface area contributed by atoms with Crippen molar-refractivity contribution in [1.29, 1.82) is 0 Å². The van der Waals surface area contributed by atoms with Gasteiger partial charge in [0.1, 0.15) is 5.82 Å². The van der Waals surface area contributed by atoms with Crippen LogP contribution in [0.3, 0.4) is 0 Å². The number of piperidine rings is 1. The standard InChI is InChI=1S/C33H37FN4O2S/c1-23(39)35-13-17-37-16-11-26-3-2-4-30(32(26)37)33(40)38-20-28(31(21-38)27-12-18-41-22-27)19-36-14-9-25(10-15-36)24-5-7-29(34)8-6-24/h2-8,11-12,16,18,22,25,28,31H,9-10,13-15,17,19-21H2,1H3,(H,35,39). The number of aromatic nitrogens is 1. The highest BCUT2D eigenvalue weighted by Crippen LogP contribution is 2.37. The molecule has 4 heterocycles. The Kier molecular flexibility index (Phi) is 8.21. The number of likely N-dealkylation sites (tertiary alicyclic amines) is 2. The molecule has 2 saturated heterocycles. The Morgan fingerprint density at radius 2 is 1.80 bits per heavy atom. The number of nitrogens with one attached hydrogen (secondary N) is 1. The lowest BCUT2D eigenvalue weighted by atomic mass is 9.87. The van der Waals surface area contributed by atoms with Gasteiger partial charge in [0.15, 0.2) is 0 Å². The van der Waals surface area contributed by atoms with Crippen molar-refractivity contribution in [2.45, 2.75) is 38.1 Å². The molecule has 8 heteroatoms. The van der Waals surface area contributed by atoms with E-state index in [0.717, 1.165) is 62.0 Å². The molecule has 0 radical (unpaired) electrons. The highest BCUT2D eigenvalue weighted by atomic mass is 32.1. The van der Waals surface area contributed by atoms with Crippen LogP contribution < -0.4 is 5.32 Å². The van der Waals surface area contributed by atoms with Crippen LogP contribution in [0.5, 0.6) is 0 Å². The van der Waals surface area contributed by atoms with E-state index in [-0.39, 0.29) is 17.6 Å². The van der Waals surface area contributed by atoms with Crippen LogP contribution in [-0.2, 0) is 11.3 Å². The van der Waals surface area contributed by atoms with Crippen molar-refractivity contribution in [2.24, 2.45) is 5.92 Å². The van der Waals surface area contributed by atoms with Crippen molar-refractivity contribution in [1.82, 2.24) is 19.7 Å². The molecule has 214 valence electrons. The van der Waals surface area contributed by atoms with Gasteiger partial charge in [0.2, 0.25) is 5.91 Å². The van der Waals surface area contributed by atoms with Gasteiger partial charge in [-0.05, 0) is 90.0 Å². The number of benzene rings is 2. The number of nitrogens with zero attached hydrogens (tertiary/aromatic N) is 3. The maximum atomic E-state index is 14.1. The topological polar surface area (TPSA) is 57.6 Å². The van der Waals surface area contributed by atoms with Gasteiger partial charge < -0.3 is 19.7 Å². The maximum Gasteiger partial charge on any atom is 0.256 e. The summed E-state index contributed by atoms with van der Waals surface area (Å²) in [6.07, 6.45) is 4.14. The lowest BCUT2D eigenvalue weighted by Gasteiger charge is -2.34. The van der Waals surface area contributed by atoms with Crippen LogP contribution >= 0.6 is 11.3 Å². The first kappa shape index (κ1) is 27.7. The molecule has 4 aromatic rings. The molecule has 41 heavy (non-hydrogen) atoms. The number of amides is 2. The van der Waals surface area contributed by atoms with Crippen LogP contribution in [0.15, 0.2) is 71.6 Å². The molecule has 6 rings (SSSR count). The first-order chi connectivity index (χ1) is 20.0. The normalized spacial score (nSPS) is 20.1. The van der Waals surface area contributed by atoms with Gasteiger partial charge in [-0.25, -0.2) is 4.39 Å². The number of fused-ring (bicyclic) bond motifs is 1. The molecule has 2 amide bonds. The van der Waals surface area contributed by atoms with Crippen molar-refractivity contribution >= 4 is 34.1 Å². The molecule has 2 aromatic heterocycles. The van der Waals surface area contributed by atoms with Crippen molar-refractivity contribution < 1.29 is 14.0 Å². The molecule has 2 aliphatic heterocycles. The van der Waals surface area contributed by atoms with Gasteiger partial charge in [-0.15, -0.1) is 0 Å². The highest BCUT2D eigenvalue weighted by Gasteiger charge is 2.38. The summed E-state index contributed by atoms with van der Waals surface area (Å²) in [6, 6.07) is 17.2. The summed E-state index contributed by atoms with van der Waals surface area (Å²) in [4.78, 5) is 30.1. The fourth-order valence-electron chi connectivity index (χ4n) is 6.74. The molecule has 0 aliphatic carbocycles. The molecule has 0 bridgehead atoms. The average Bonchev–Trinajstić information content (AvgIpc) is 3.74. The lowest BCUT2D eigenvalue weighted by Crippen LogP contribution is -2.38. The van der Waals surface area contributed by atoms with Gasteiger partial charge in [0.25, 0.3) is 5.91 Å². The number of rotatable bonds is 8. The fourth-order valence-corrected chi connectivity index (χ4v) is 7.47. The minimum absolute atomic E-state index is 0.0555. The van der Waals surface area contributed by atoms with E-state index in [1.165, 1.54) is 18.1 Å². The number of hydrogen-bond acceptors (Lipinski definition) is 4. The van der Waals surface area contributed by atoms with E-state index >= 15 is 0 Å².